The fourth-order valence-electron chi connectivity index (χ4n) is 3.11. The maximum atomic E-state index is 10.9. The zero-order valence-electron chi connectivity index (χ0n) is 15.6. The summed E-state index contributed by atoms with van der Waals surface area (Å²) in [5.74, 6) is -1.42. The van der Waals surface area contributed by atoms with E-state index in [1.807, 2.05) is 6.08 Å². The molecule has 0 unspecified atom stereocenters. The van der Waals surface area contributed by atoms with E-state index in [-0.39, 0.29) is 0 Å². The lowest BCUT2D eigenvalue weighted by atomic mass is 10.0. The standard InChI is InChI=1S/C21H36O3/c1-2-3-4-5-6-7-8-9-10-11-12-13-14-15-16-17-18-19-20(22)24-21(19)23/h17-19H,2-16H2,1H3/b18-17+. The number of cyclic esters (lactones) is 2. The van der Waals surface area contributed by atoms with Crippen molar-refractivity contribution in [1.29, 1.82) is 0 Å². The summed E-state index contributed by atoms with van der Waals surface area (Å²) in [6, 6.07) is 0. The van der Waals surface area contributed by atoms with Gasteiger partial charge in [-0.15, -0.1) is 0 Å². The molecule has 1 fully saturated rings. The van der Waals surface area contributed by atoms with Crippen LogP contribution in [0, 0.1) is 5.92 Å². The molecule has 0 radical (unpaired) electrons. The Bertz CT molecular complexity index is 359. The Labute approximate surface area is 148 Å². The third kappa shape index (κ3) is 9.89. The lowest BCUT2D eigenvalue weighted by molar-refractivity contribution is -0.180. The molecule has 3 heteroatoms. The summed E-state index contributed by atoms with van der Waals surface area (Å²) in [6.07, 6.45) is 23.6. The van der Waals surface area contributed by atoms with E-state index in [0.717, 1.165) is 12.8 Å². The minimum Gasteiger partial charge on any atom is -0.391 e. The van der Waals surface area contributed by atoms with Gasteiger partial charge < -0.3 is 4.74 Å². The van der Waals surface area contributed by atoms with Gasteiger partial charge in [-0.05, 0) is 12.8 Å². The van der Waals surface area contributed by atoms with E-state index >= 15 is 0 Å². The van der Waals surface area contributed by atoms with Gasteiger partial charge in [-0.25, -0.2) is 0 Å². The third-order valence-electron chi connectivity index (χ3n) is 4.76. The molecule has 3 nitrogen and oxygen atoms in total. The van der Waals surface area contributed by atoms with Crippen LogP contribution in [0.2, 0.25) is 0 Å². The molecule has 0 N–H and O–H groups in total. The monoisotopic (exact) mass is 336 g/mol. The molecule has 1 rings (SSSR count). The smallest absolute Gasteiger partial charge is 0.331 e. The van der Waals surface area contributed by atoms with Gasteiger partial charge in [0.05, 0.1) is 0 Å². The lowest BCUT2D eigenvalue weighted by Gasteiger charge is -2.17. The molecule has 0 aromatic carbocycles. The van der Waals surface area contributed by atoms with Gasteiger partial charge in [0, 0.05) is 0 Å². The van der Waals surface area contributed by atoms with Crippen molar-refractivity contribution in [2.45, 2.75) is 103 Å². The van der Waals surface area contributed by atoms with E-state index in [1.54, 1.807) is 6.08 Å². The minimum atomic E-state index is -0.614. The number of esters is 2. The van der Waals surface area contributed by atoms with Crippen molar-refractivity contribution in [3.63, 3.8) is 0 Å². The lowest BCUT2D eigenvalue weighted by Crippen LogP contribution is -2.39. The Morgan fingerprint density at radius 1 is 0.708 bits per heavy atom. The first-order valence-electron chi connectivity index (χ1n) is 10.2. The Kier molecular flexibility index (Phi) is 12.4. The number of carbonyl (C=O) groups excluding carboxylic acids is 2. The highest BCUT2D eigenvalue weighted by atomic mass is 16.6. The van der Waals surface area contributed by atoms with E-state index in [0.29, 0.717) is 0 Å². The molecule has 1 aliphatic rings. The van der Waals surface area contributed by atoms with Crippen molar-refractivity contribution < 1.29 is 14.3 Å². The Hall–Kier alpha value is -1.12. The molecule has 138 valence electrons. The second-order valence-corrected chi connectivity index (χ2v) is 7.03. The molecule has 0 aromatic heterocycles. The van der Waals surface area contributed by atoms with Crippen molar-refractivity contribution in [2.24, 2.45) is 5.92 Å². The molecule has 1 saturated heterocycles. The zero-order chi connectivity index (χ0) is 17.5. The molecule has 0 saturated carbocycles. The van der Waals surface area contributed by atoms with Gasteiger partial charge in [0.1, 0.15) is 0 Å². The van der Waals surface area contributed by atoms with E-state index in [2.05, 4.69) is 11.7 Å². The minimum absolute atomic E-state index is 0.405. The fraction of sp³-hybridized carbons (Fsp3) is 0.810. The number of unbranched alkanes of at least 4 members (excludes halogenated alkanes) is 14. The zero-order valence-corrected chi connectivity index (χ0v) is 15.6. The normalized spacial score (nSPS) is 15.0. The van der Waals surface area contributed by atoms with Crippen LogP contribution in [0.4, 0.5) is 0 Å². The summed E-state index contributed by atoms with van der Waals surface area (Å²) in [7, 11) is 0. The van der Waals surface area contributed by atoms with Crippen molar-refractivity contribution in [3.8, 4) is 0 Å². The summed E-state index contributed by atoms with van der Waals surface area (Å²) < 4.78 is 4.30. The van der Waals surface area contributed by atoms with Crippen molar-refractivity contribution in [1.82, 2.24) is 0 Å². The highest BCUT2D eigenvalue weighted by molar-refractivity contribution is 6.11. The second kappa shape index (κ2) is 14.2. The predicted molar refractivity (Wildman–Crippen MR) is 98.7 cm³/mol. The van der Waals surface area contributed by atoms with Crippen LogP contribution in [0.5, 0.6) is 0 Å². The van der Waals surface area contributed by atoms with Crippen LogP contribution in [0.15, 0.2) is 12.2 Å². The molecule has 0 aliphatic carbocycles. The Morgan fingerprint density at radius 2 is 1.12 bits per heavy atom. The number of hydrogen-bond donors (Lipinski definition) is 0. The topological polar surface area (TPSA) is 43.4 Å². The average Bonchev–Trinajstić information content (AvgIpc) is 2.57. The highest BCUT2D eigenvalue weighted by Gasteiger charge is 2.39. The van der Waals surface area contributed by atoms with Gasteiger partial charge in [0.25, 0.3) is 0 Å². The number of rotatable bonds is 16. The van der Waals surface area contributed by atoms with Crippen LogP contribution >= 0.6 is 0 Å². The van der Waals surface area contributed by atoms with Gasteiger partial charge in [-0.3, -0.25) is 9.59 Å². The predicted octanol–water partition coefficient (Wildman–Crippen LogP) is 6.11. The van der Waals surface area contributed by atoms with Crippen LogP contribution < -0.4 is 0 Å². The second-order valence-electron chi connectivity index (χ2n) is 7.03. The summed E-state index contributed by atoms with van der Waals surface area (Å²) in [6.45, 7) is 2.27. The highest BCUT2D eigenvalue weighted by Crippen LogP contribution is 2.17. The molecule has 1 heterocycles. The summed E-state index contributed by atoms with van der Waals surface area (Å²) >= 11 is 0. The fourth-order valence-corrected chi connectivity index (χ4v) is 3.11. The molecule has 0 atom stereocenters. The van der Waals surface area contributed by atoms with E-state index in [9.17, 15) is 9.59 Å². The molecule has 24 heavy (non-hydrogen) atoms. The van der Waals surface area contributed by atoms with Gasteiger partial charge in [-0.1, -0.05) is 103 Å². The quantitative estimate of drug-likeness (QED) is 0.148. The SMILES string of the molecule is CCCCCCCCCCCCCCCC/C=C/C1C(=O)OC1=O. The van der Waals surface area contributed by atoms with Crippen LogP contribution in [0.25, 0.3) is 0 Å². The summed E-state index contributed by atoms with van der Waals surface area (Å²) in [4.78, 5) is 21.9. The Morgan fingerprint density at radius 3 is 1.54 bits per heavy atom. The van der Waals surface area contributed by atoms with Crippen molar-refractivity contribution in [2.75, 3.05) is 0 Å². The molecule has 1 aliphatic heterocycles. The largest absolute Gasteiger partial charge is 0.391 e. The number of allylic oxidation sites excluding steroid dienone is 1. The molecule has 0 amide bonds. The van der Waals surface area contributed by atoms with Gasteiger partial charge in [0.2, 0.25) is 0 Å². The third-order valence-corrected chi connectivity index (χ3v) is 4.76. The van der Waals surface area contributed by atoms with Gasteiger partial charge >= 0.3 is 11.9 Å². The number of carbonyl (C=O) groups is 2. The maximum Gasteiger partial charge on any atom is 0.331 e. The molecular formula is C21H36O3. The van der Waals surface area contributed by atoms with Crippen LogP contribution in [-0.2, 0) is 14.3 Å². The van der Waals surface area contributed by atoms with Gasteiger partial charge in [0.15, 0.2) is 5.92 Å². The number of hydrogen-bond acceptors (Lipinski definition) is 3. The summed E-state index contributed by atoms with van der Waals surface area (Å²) in [5, 5.41) is 0. The first-order valence-corrected chi connectivity index (χ1v) is 10.2. The van der Waals surface area contributed by atoms with Crippen LogP contribution in [0.1, 0.15) is 103 Å². The van der Waals surface area contributed by atoms with Crippen LogP contribution in [-0.4, -0.2) is 11.9 Å². The van der Waals surface area contributed by atoms with E-state index in [4.69, 9.17) is 0 Å². The number of ether oxygens (including phenoxy) is 1. The molecular weight excluding hydrogens is 300 g/mol. The maximum absolute atomic E-state index is 10.9. The van der Waals surface area contributed by atoms with E-state index < -0.39 is 17.9 Å². The van der Waals surface area contributed by atoms with Crippen LogP contribution in [0.3, 0.4) is 0 Å². The van der Waals surface area contributed by atoms with E-state index in [1.165, 1.54) is 83.5 Å². The molecule has 0 spiro atoms. The summed E-state index contributed by atoms with van der Waals surface area (Å²) in [5.41, 5.74) is 0. The van der Waals surface area contributed by atoms with Crippen molar-refractivity contribution in [3.05, 3.63) is 12.2 Å². The average molecular weight is 337 g/mol. The molecule has 0 aromatic rings. The first-order chi connectivity index (χ1) is 11.8. The van der Waals surface area contributed by atoms with Gasteiger partial charge in [-0.2, -0.15) is 0 Å². The Balaban J connectivity index is 1.74. The van der Waals surface area contributed by atoms with Crippen molar-refractivity contribution >= 4 is 11.9 Å². The molecule has 0 bridgehead atoms. The first kappa shape index (κ1) is 20.9.